The number of alkyl halides is 6. The minimum Gasteiger partial charge on any atom is -0.306 e. The average Bonchev–Trinajstić information content (AvgIpc) is 3.86. The number of carbonyl (C=O) groups is 2. The summed E-state index contributed by atoms with van der Waals surface area (Å²) in [4.78, 5) is 42.1. The molecule has 18 heteroatoms. The summed E-state index contributed by atoms with van der Waals surface area (Å²) in [5, 5.41) is 13.4. The van der Waals surface area contributed by atoms with Crippen LogP contribution in [0.2, 0.25) is 0 Å². The van der Waals surface area contributed by atoms with E-state index in [9.17, 15) is 35.9 Å². The first-order valence-electron chi connectivity index (χ1n) is 18.2. The molecule has 0 radical (unpaired) electrons. The zero-order valence-corrected chi connectivity index (χ0v) is 32.2. The van der Waals surface area contributed by atoms with Crippen molar-refractivity contribution in [3.63, 3.8) is 0 Å². The maximum absolute atomic E-state index is 13.4. The molecule has 0 unspecified atom stereocenters. The Kier molecular flexibility index (Phi) is 12.3. The molecule has 0 saturated carbocycles. The fourth-order valence-electron chi connectivity index (χ4n) is 5.85. The molecule has 2 amide bonds. The number of anilines is 2. The normalized spacial score (nSPS) is 11.3. The molecule has 0 atom stereocenters. The second-order valence-electron chi connectivity index (χ2n) is 12.7. The number of aryl methyl sites for hydroxylation is 2. The van der Waals surface area contributed by atoms with Gasteiger partial charge in [0, 0.05) is 35.4 Å². The van der Waals surface area contributed by atoms with Gasteiger partial charge < -0.3 is 10.6 Å². The number of aromatic nitrogens is 8. The summed E-state index contributed by atoms with van der Waals surface area (Å²) in [6.07, 6.45) is -1.94. The molecule has 0 aliphatic rings. The monoisotopic (exact) mass is 824 g/mol. The summed E-state index contributed by atoms with van der Waals surface area (Å²) in [5.41, 5.74) is 0.616. The van der Waals surface area contributed by atoms with Crippen LogP contribution in [0.1, 0.15) is 56.9 Å². The van der Waals surface area contributed by atoms with E-state index >= 15 is 0 Å². The predicted octanol–water partition coefficient (Wildman–Crippen LogP) is 9.77. The van der Waals surface area contributed by atoms with Crippen molar-refractivity contribution in [2.75, 3.05) is 10.6 Å². The van der Waals surface area contributed by atoms with Crippen molar-refractivity contribution < 1.29 is 35.9 Å². The minimum atomic E-state index is -4.53. The molecule has 60 heavy (non-hydrogen) atoms. The number of pyridine rings is 2. The topological polar surface area (TPSA) is 144 Å². The highest BCUT2D eigenvalue weighted by Gasteiger charge is 2.35. The molecule has 6 aromatic heterocycles. The first kappa shape index (κ1) is 42.1. The summed E-state index contributed by atoms with van der Waals surface area (Å²) in [7, 11) is 0. The van der Waals surface area contributed by atoms with Crippen molar-refractivity contribution >= 4 is 34.7 Å². The van der Waals surface area contributed by atoms with Crippen molar-refractivity contribution in [2.24, 2.45) is 0 Å². The molecule has 12 nitrogen and oxygen atoms in total. The number of halogens is 6. The molecule has 6 heterocycles. The Bertz CT molecular complexity index is 2620. The Labute approximate surface area is 338 Å². The number of nitrogens with zero attached hydrogens (tertiary/aromatic N) is 8. The molecular formula is C42H34F6N10O2. The van der Waals surface area contributed by atoms with Crippen LogP contribution in [0.25, 0.3) is 33.8 Å². The number of amides is 2. The molecule has 8 rings (SSSR count). The minimum absolute atomic E-state index is 0.0737. The molecule has 0 bridgehead atoms. The van der Waals surface area contributed by atoms with Crippen molar-refractivity contribution in [3.8, 4) is 22.5 Å². The van der Waals surface area contributed by atoms with Crippen molar-refractivity contribution in [1.82, 2.24) is 39.2 Å². The number of fused-ring (bicyclic) bond motifs is 2. The van der Waals surface area contributed by atoms with Crippen LogP contribution < -0.4 is 10.6 Å². The van der Waals surface area contributed by atoms with Gasteiger partial charge >= 0.3 is 12.4 Å². The third-order valence-electron chi connectivity index (χ3n) is 8.53. The van der Waals surface area contributed by atoms with Gasteiger partial charge in [0.1, 0.15) is 22.8 Å². The molecule has 0 aliphatic carbocycles. The summed E-state index contributed by atoms with van der Waals surface area (Å²) in [6, 6.07) is 21.8. The van der Waals surface area contributed by atoms with Gasteiger partial charge in [-0.1, -0.05) is 56.3 Å². The SMILES string of the molecule is CC.Cc1cccc(NC(=O)c2cnn3ccc(-c4ccccc4C(F)(F)F)nc23)n1.Cc1ccnc(NC(=O)c2cnn3ccc(-c4ccccc4C(F)(F)F)nc23)c1. The first-order valence-corrected chi connectivity index (χ1v) is 18.2. The Morgan fingerprint density at radius 1 is 0.583 bits per heavy atom. The number of carbonyl (C=O) groups excluding carboxylic acids is 2. The van der Waals surface area contributed by atoms with Crippen LogP contribution in [0.3, 0.4) is 0 Å². The molecule has 0 spiro atoms. The number of rotatable bonds is 6. The lowest BCUT2D eigenvalue weighted by atomic mass is 10.0. The highest BCUT2D eigenvalue weighted by atomic mass is 19.4. The van der Waals surface area contributed by atoms with Gasteiger partial charge in [-0.15, -0.1) is 0 Å². The van der Waals surface area contributed by atoms with E-state index in [0.717, 1.165) is 23.4 Å². The molecule has 8 aromatic rings. The summed E-state index contributed by atoms with van der Waals surface area (Å²) >= 11 is 0. The first-order chi connectivity index (χ1) is 28.7. The zero-order valence-electron chi connectivity index (χ0n) is 32.2. The van der Waals surface area contributed by atoms with Gasteiger partial charge in [-0.25, -0.2) is 29.0 Å². The van der Waals surface area contributed by atoms with Gasteiger partial charge in [-0.3, -0.25) is 9.59 Å². The van der Waals surface area contributed by atoms with E-state index in [1.54, 1.807) is 43.5 Å². The number of hydrogen-bond donors (Lipinski definition) is 2. The average molecular weight is 825 g/mol. The summed E-state index contributed by atoms with van der Waals surface area (Å²) in [6.45, 7) is 7.65. The Balaban J connectivity index is 0.000000193. The van der Waals surface area contributed by atoms with Gasteiger partial charge in [-0.2, -0.15) is 36.5 Å². The Hall–Kier alpha value is -7.50. The second-order valence-corrected chi connectivity index (χ2v) is 12.7. The highest BCUT2D eigenvalue weighted by molar-refractivity contribution is 6.08. The zero-order chi connectivity index (χ0) is 43.2. The van der Waals surface area contributed by atoms with Gasteiger partial charge in [0.25, 0.3) is 11.8 Å². The maximum Gasteiger partial charge on any atom is 0.417 e. The van der Waals surface area contributed by atoms with E-state index in [2.05, 4.69) is 40.8 Å². The predicted molar refractivity (Wildman–Crippen MR) is 212 cm³/mol. The molecule has 0 aliphatic heterocycles. The van der Waals surface area contributed by atoms with Crippen LogP contribution in [0.5, 0.6) is 0 Å². The van der Waals surface area contributed by atoms with Crippen LogP contribution in [0.4, 0.5) is 38.0 Å². The fourth-order valence-corrected chi connectivity index (χ4v) is 5.85. The molecular weight excluding hydrogens is 791 g/mol. The molecule has 0 fully saturated rings. The third-order valence-corrected chi connectivity index (χ3v) is 8.53. The standard InChI is InChI=1S/2C20H14F3N5O.C2H6/c1-12-5-4-8-17(25-12)27-19(29)14-11-24-28-10-9-16(26-18(14)28)13-6-2-3-7-15(13)20(21,22)23;1-12-6-8-24-17(10-12)27-19(29)14-11-25-28-9-7-16(26-18(14)28)13-4-2-3-5-15(13)20(21,22)23;1-2/h2-11H,1H3,(H,25,27,29);2-11H,1H3,(H,24,27,29);1-2H3. The fraction of sp³-hybridized carbons (Fsp3) is 0.143. The third kappa shape index (κ3) is 9.44. The van der Waals surface area contributed by atoms with Gasteiger partial charge in [0.05, 0.1) is 34.9 Å². The molecule has 2 N–H and O–H groups in total. The smallest absolute Gasteiger partial charge is 0.306 e. The van der Waals surface area contributed by atoms with E-state index < -0.39 is 35.3 Å². The van der Waals surface area contributed by atoms with Crippen LogP contribution in [0.15, 0.2) is 122 Å². The lowest BCUT2D eigenvalue weighted by Crippen LogP contribution is -2.13. The Morgan fingerprint density at radius 2 is 1.07 bits per heavy atom. The van der Waals surface area contributed by atoms with Gasteiger partial charge in [0.2, 0.25) is 0 Å². The largest absolute Gasteiger partial charge is 0.417 e. The van der Waals surface area contributed by atoms with E-state index in [-0.39, 0.29) is 44.9 Å². The van der Waals surface area contributed by atoms with Crippen LogP contribution >= 0.6 is 0 Å². The van der Waals surface area contributed by atoms with Crippen molar-refractivity contribution in [2.45, 2.75) is 40.0 Å². The number of benzene rings is 2. The maximum atomic E-state index is 13.4. The quantitative estimate of drug-likeness (QED) is 0.158. The lowest BCUT2D eigenvalue weighted by Gasteiger charge is -2.12. The molecule has 2 aromatic carbocycles. The van der Waals surface area contributed by atoms with E-state index in [0.29, 0.717) is 11.6 Å². The van der Waals surface area contributed by atoms with E-state index in [1.807, 2.05) is 20.8 Å². The number of nitrogens with one attached hydrogen (secondary N) is 2. The van der Waals surface area contributed by atoms with Gasteiger partial charge in [0.15, 0.2) is 11.3 Å². The molecule has 0 saturated heterocycles. The Morgan fingerprint density at radius 3 is 1.53 bits per heavy atom. The van der Waals surface area contributed by atoms with Crippen LogP contribution in [-0.4, -0.2) is 51.0 Å². The van der Waals surface area contributed by atoms with Crippen molar-refractivity contribution in [3.05, 3.63) is 155 Å². The van der Waals surface area contributed by atoms with E-state index in [4.69, 9.17) is 0 Å². The van der Waals surface area contributed by atoms with E-state index in [1.165, 1.54) is 82.3 Å². The van der Waals surface area contributed by atoms with Crippen molar-refractivity contribution in [1.29, 1.82) is 0 Å². The molecule has 306 valence electrons. The summed E-state index contributed by atoms with van der Waals surface area (Å²) in [5.74, 6) is -0.306. The lowest BCUT2D eigenvalue weighted by molar-refractivity contribution is -0.137. The summed E-state index contributed by atoms with van der Waals surface area (Å²) < 4.78 is 82.8. The van der Waals surface area contributed by atoms with Crippen LogP contribution in [0, 0.1) is 13.8 Å². The van der Waals surface area contributed by atoms with Gasteiger partial charge in [-0.05, 0) is 67.9 Å². The number of hydrogen-bond acceptors (Lipinski definition) is 8. The van der Waals surface area contributed by atoms with Crippen LogP contribution in [-0.2, 0) is 12.4 Å². The second kappa shape index (κ2) is 17.6. The highest BCUT2D eigenvalue weighted by Crippen LogP contribution is 2.37.